The molecule has 0 aliphatic heterocycles. The van der Waals surface area contributed by atoms with E-state index in [-0.39, 0.29) is 0 Å². The topological polar surface area (TPSA) is 29.9 Å². The number of nitrogens with zero attached hydrogens (tertiary/aromatic N) is 2. The summed E-state index contributed by atoms with van der Waals surface area (Å²) in [4.78, 5) is 0. The van der Waals surface area contributed by atoms with Crippen molar-refractivity contribution in [2.45, 2.75) is 66.1 Å². The maximum absolute atomic E-state index is 4.61. The normalized spacial score (nSPS) is 11.4. The van der Waals surface area contributed by atoms with Crippen LogP contribution in [0.2, 0.25) is 0 Å². The minimum atomic E-state index is 0.604. The molecule has 0 radical (unpaired) electrons. The van der Waals surface area contributed by atoms with Gasteiger partial charge in [0.2, 0.25) is 0 Å². The Bertz CT molecular complexity index is 343. The minimum Gasteiger partial charge on any atom is -0.308 e. The standard InChI is InChI=1S/C13H24BrN3/c1-5-10(6-2)15-9-12-13(14)11(7-3)16-17(12)8-4/h10,15H,5-9H2,1-4H3. The molecule has 4 heteroatoms. The van der Waals surface area contributed by atoms with Crippen molar-refractivity contribution in [3.05, 3.63) is 15.9 Å². The predicted octanol–water partition coefficient (Wildman–Crippen LogP) is 3.51. The Morgan fingerprint density at radius 2 is 1.88 bits per heavy atom. The third kappa shape index (κ3) is 3.55. The molecule has 17 heavy (non-hydrogen) atoms. The summed E-state index contributed by atoms with van der Waals surface area (Å²) >= 11 is 3.67. The van der Waals surface area contributed by atoms with Gasteiger partial charge in [-0.2, -0.15) is 5.10 Å². The highest BCUT2D eigenvalue weighted by Crippen LogP contribution is 2.22. The first kappa shape index (κ1) is 14.7. The molecule has 0 unspecified atom stereocenters. The summed E-state index contributed by atoms with van der Waals surface area (Å²) in [5, 5.41) is 8.20. The molecule has 0 bridgehead atoms. The lowest BCUT2D eigenvalue weighted by atomic mass is 10.1. The molecule has 0 atom stereocenters. The van der Waals surface area contributed by atoms with Crippen molar-refractivity contribution in [3.63, 3.8) is 0 Å². The van der Waals surface area contributed by atoms with E-state index in [0.717, 1.165) is 25.2 Å². The molecular weight excluding hydrogens is 278 g/mol. The van der Waals surface area contributed by atoms with Gasteiger partial charge in [-0.1, -0.05) is 20.8 Å². The van der Waals surface area contributed by atoms with Gasteiger partial charge in [-0.05, 0) is 42.1 Å². The molecule has 1 N–H and O–H groups in total. The number of aryl methyl sites for hydroxylation is 2. The van der Waals surface area contributed by atoms with Crippen LogP contribution >= 0.6 is 15.9 Å². The highest BCUT2D eigenvalue weighted by molar-refractivity contribution is 9.10. The third-order valence-electron chi connectivity index (χ3n) is 3.24. The second-order valence-corrected chi connectivity index (χ2v) is 5.06. The summed E-state index contributed by atoms with van der Waals surface area (Å²) in [5.74, 6) is 0. The van der Waals surface area contributed by atoms with Gasteiger partial charge in [0.1, 0.15) is 0 Å². The fourth-order valence-corrected chi connectivity index (χ4v) is 2.71. The average molecular weight is 302 g/mol. The van der Waals surface area contributed by atoms with Gasteiger partial charge < -0.3 is 5.32 Å². The molecule has 0 aromatic carbocycles. The summed E-state index contributed by atoms with van der Waals surface area (Å²) in [6.45, 7) is 10.6. The van der Waals surface area contributed by atoms with Gasteiger partial charge in [-0.15, -0.1) is 0 Å². The Balaban J connectivity index is 2.78. The van der Waals surface area contributed by atoms with Crippen molar-refractivity contribution in [2.75, 3.05) is 0 Å². The second-order valence-electron chi connectivity index (χ2n) is 4.27. The highest BCUT2D eigenvalue weighted by Gasteiger charge is 2.14. The lowest BCUT2D eigenvalue weighted by molar-refractivity contribution is 0.466. The van der Waals surface area contributed by atoms with Gasteiger partial charge in [0.15, 0.2) is 0 Å². The van der Waals surface area contributed by atoms with E-state index >= 15 is 0 Å². The smallest absolute Gasteiger partial charge is 0.0767 e. The minimum absolute atomic E-state index is 0.604. The fraction of sp³-hybridized carbons (Fsp3) is 0.769. The van der Waals surface area contributed by atoms with Crippen LogP contribution in [-0.2, 0) is 19.5 Å². The van der Waals surface area contributed by atoms with Crippen LogP contribution in [0.3, 0.4) is 0 Å². The van der Waals surface area contributed by atoms with E-state index in [1.165, 1.54) is 23.0 Å². The monoisotopic (exact) mass is 301 g/mol. The molecule has 1 aromatic heterocycles. The van der Waals surface area contributed by atoms with E-state index in [2.05, 4.69) is 58.7 Å². The summed E-state index contributed by atoms with van der Waals surface area (Å²) in [6.07, 6.45) is 3.33. The van der Waals surface area contributed by atoms with Crippen molar-refractivity contribution in [1.82, 2.24) is 15.1 Å². The van der Waals surface area contributed by atoms with Gasteiger partial charge >= 0.3 is 0 Å². The molecular formula is C13H24BrN3. The van der Waals surface area contributed by atoms with Crippen LogP contribution in [0.1, 0.15) is 51.9 Å². The lowest BCUT2D eigenvalue weighted by Crippen LogP contribution is -2.28. The second kappa shape index (κ2) is 7.17. The zero-order valence-corrected chi connectivity index (χ0v) is 13.0. The lowest BCUT2D eigenvalue weighted by Gasteiger charge is -2.15. The maximum atomic E-state index is 4.61. The number of hydrogen-bond donors (Lipinski definition) is 1. The Labute approximate surface area is 113 Å². The molecule has 0 saturated carbocycles. The van der Waals surface area contributed by atoms with E-state index in [0.29, 0.717) is 6.04 Å². The van der Waals surface area contributed by atoms with Gasteiger partial charge in [0.25, 0.3) is 0 Å². The number of nitrogens with one attached hydrogen (secondary N) is 1. The SMILES string of the molecule is CCc1nn(CC)c(CNC(CC)CC)c1Br. The van der Waals surface area contributed by atoms with Crippen LogP contribution in [0, 0.1) is 0 Å². The molecule has 0 saturated heterocycles. The van der Waals surface area contributed by atoms with Crippen LogP contribution in [0.25, 0.3) is 0 Å². The van der Waals surface area contributed by atoms with Crippen molar-refractivity contribution in [2.24, 2.45) is 0 Å². The van der Waals surface area contributed by atoms with E-state index in [1.54, 1.807) is 0 Å². The maximum Gasteiger partial charge on any atom is 0.0767 e. The molecule has 0 aliphatic carbocycles. The average Bonchev–Trinajstić information content (AvgIpc) is 2.67. The van der Waals surface area contributed by atoms with Crippen LogP contribution in [0.15, 0.2) is 4.47 Å². The summed E-state index contributed by atoms with van der Waals surface area (Å²) in [6, 6.07) is 0.604. The summed E-state index contributed by atoms with van der Waals surface area (Å²) in [5.41, 5.74) is 2.43. The quantitative estimate of drug-likeness (QED) is 0.835. The molecule has 1 heterocycles. The molecule has 98 valence electrons. The van der Waals surface area contributed by atoms with Crippen LogP contribution in [0.4, 0.5) is 0 Å². The fourth-order valence-electron chi connectivity index (χ4n) is 2.00. The zero-order valence-electron chi connectivity index (χ0n) is 11.4. The van der Waals surface area contributed by atoms with Crippen LogP contribution in [-0.4, -0.2) is 15.8 Å². The van der Waals surface area contributed by atoms with E-state index in [4.69, 9.17) is 0 Å². The number of rotatable bonds is 7. The predicted molar refractivity (Wildman–Crippen MR) is 76.2 cm³/mol. The first-order chi connectivity index (χ1) is 8.17. The molecule has 1 aromatic rings. The van der Waals surface area contributed by atoms with Gasteiger partial charge in [0.05, 0.1) is 15.9 Å². The van der Waals surface area contributed by atoms with E-state index in [9.17, 15) is 0 Å². The van der Waals surface area contributed by atoms with Crippen LogP contribution < -0.4 is 5.32 Å². The molecule has 0 fully saturated rings. The first-order valence-electron chi connectivity index (χ1n) is 6.65. The molecule has 1 rings (SSSR count). The van der Waals surface area contributed by atoms with E-state index < -0.39 is 0 Å². The van der Waals surface area contributed by atoms with E-state index in [1.807, 2.05) is 0 Å². The highest BCUT2D eigenvalue weighted by atomic mass is 79.9. The molecule has 0 aliphatic rings. The summed E-state index contributed by atoms with van der Waals surface area (Å²) < 4.78 is 3.28. The largest absolute Gasteiger partial charge is 0.308 e. The number of halogens is 1. The van der Waals surface area contributed by atoms with Gasteiger partial charge in [-0.3, -0.25) is 4.68 Å². The Morgan fingerprint density at radius 3 is 2.35 bits per heavy atom. The van der Waals surface area contributed by atoms with Crippen LogP contribution in [0.5, 0.6) is 0 Å². The Hall–Kier alpha value is -0.350. The van der Waals surface area contributed by atoms with Crippen molar-refractivity contribution < 1.29 is 0 Å². The number of aromatic nitrogens is 2. The number of hydrogen-bond acceptors (Lipinski definition) is 2. The Kier molecular flexibility index (Phi) is 6.20. The van der Waals surface area contributed by atoms with Gasteiger partial charge in [0, 0.05) is 19.1 Å². The third-order valence-corrected chi connectivity index (χ3v) is 4.15. The van der Waals surface area contributed by atoms with Crippen molar-refractivity contribution in [1.29, 1.82) is 0 Å². The zero-order chi connectivity index (χ0) is 12.8. The first-order valence-corrected chi connectivity index (χ1v) is 7.44. The van der Waals surface area contributed by atoms with Crippen molar-refractivity contribution in [3.8, 4) is 0 Å². The molecule has 0 spiro atoms. The van der Waals surface area contributed by atoms with Crippen molar-refractivity contribution >= 4 is 15.9 Å². The van der Waals surface area contributed by atoms with Gasteiger partial charge in [-0.25, -0.2) is 0 Å². The molecule has 3 nitrogen and oxygen atoms in total. The summed E-state index contributed by atoms with van der Waals surface area (Å²) in [7, 11) is 0. The molecule has 0 amide bonds. The Morgan fingerprint density at radius 1 is 1.24 bits per heavy atom.